The van der Waals surface area contributed by atoms with E-state index in [-0.39, 0.29) is 35.1 Å². The van der Waals surface area contributed by atoms with Crippen LogP contribution in [0.5, 0.6) is 5.75 Å². The SMILES string of the molecule is CCOC(=O)Cc1ccccc1OCc1cc(Br)c2cc(C(F)(F)F)n(C(=O)O)c2c1. The van der Waals surface area contributed by atoms with Crippen LogP contribution in [0.3, 0.4) is 0 Å². The molecular weight excluding hydrogens is 483 g/mol. The molecule has 0 bridgehead atoms. The van der Waals surface area contributed by atoms with E-state index in [1.807, 2.05) is 0 Å². The molecule has 31 heavy (non-hydrogen) atoms. The summed E-state index contributed by atoms with van der Waals surface area (Å²) in [7, 11) is 0. The number of carbonyl (C=O) groups is 2. The Morgan fingerprint density at radius 3 is 2.52 bits per heavy atom. The Kier molecular flexibility index (Phi) is 6.59. The maximum absolute atomic E-state index is 13.3. The van der Waals surface area contributed by atoms with Crippen molar-refractivity contribution in [1.29, 1.82) is 0 Å². The largest absolute Gasteiger partial charge is 0.489 e. The van der Waals surface area contributed by atoms with Crippen LogP contribution in [-0.2, 0) is 28.7 Å². The molecule has 1 aromatic heterocycles. The van der Waals surface area contributed by atoms with Gasteiger partial charge in [0.15, 0.2) is 0 Å². The van der Waals surface area contributed by atoms with Gasteiger partial charge in [-0.2, -0.15) is 13.2 Å². The summed E-state index contributed by atoms with van der Waals surface area (Å²) in [4.78, 5) is 23.3. The number of alkyl halides is 3. The van der Waals surface area contributed by atoms with E-state index in [9.17, 15) is 27.9 Å². The third-order valence-corrected chi connectivity index (χ3v) is 5.08. The van der Waals surface area contributed by atoms with E-state index in [1.54, 1.807) is 37.3 Å². The number of ether oxygens (including phenoxy) is 2. The second-order valence-electron chi connectivity index (χ2n) is 6.53. The molecule has 0 aliphatic heterocycles. The lowest BCUT2D eigenvalue weighted by molar-refractivity contribution is -0.143. The summed E-state index contributed by atoms with van der Waals surface area (Å²) in [6, 6.07) is 10.5. The van der Waals surface area contributed by atoms with Crippen molar-refractivity contribution < 1.29 is 37.3 Å². The van der Waals surface area contributed by atoms with Gasteiger partial charge in [-0.15, -0.1) is 0 Å². The molecule has 0 atom stereocenters. The van der Waals surface area contributed by atoms with Gasteiger partial charge >= 0.3 is 18.2 Å². The third kappa shape index (κ3) is 5.01. The number of hydrogen-bond acceptors (Lipinski definition) is 4. The molecule has 0 saturated heterocycles. The minimum absolute atomic E-state index is 0.00352. The van der Waals surface area contributed by atoms with Crippen molar-refractivity contribution in [2.75, 3.05) is 6.61 Å². The number of hydrogen-bond donors (Lipinski definition) is 1. The highest BCUT2D eigenvalue weighted by Crippen LogP contribution is 2.37. The highest BCUT2D eigenvalue weighted by atomic mass is 79.9. The molecule has 3 rings (SSSR count). The maximum Gasteiger partial charge on any atom is 0.432 e. The molecule has 0 fully saturated rings. The first-order valence-corrected chi connectivity index (χ1v) is 9.91. The van der Waals surface area contributed by atoms with Crippen LogP contribution in [-0.4, -0.2) is 28.3 Å². The number of nitrogens with zero attached hydrogens (tertiary/aromatic N) is 1. The van der Waals surface area contributed by atoms with E-state index in [4.69, 9.17) is 9.47 Å². The number of fused-ring (bicyclic) bond motifs is 1. The van der Waals surface area contributed by atoms with Gasteiger partial charge in [-0.1, -0.05) is 34.1 Å². The van der Waals surface area contributed by atoms with Crippen molar-refractivity contribution in [1.82, 2.24) is 4.57 Å². The maximum atomic E-state index is 13.3. The number of rotatable bonds is 6. The average molecular weight is 500 g/mol. The van der Waals surface area contributed by atoms with E-state index in [2.05, 4.69) is 15.9 Å². The number of carbonyl (C=O) groups excluding carboxylic acids is 1. The highest BCUT2D eigenvalue weighted by Gasteiger charge is 2.37. The van der Waals surface area contributed by atoms with Gasteiger partial charge in [0.2, 0.25) is 0 Å². The highest BCUT2D eigenvalue weighted by molar-refractivity contribution is 9.10. The van der Waals surface area contributed by atoms with Crippen LogP contribution in [0.15, 0.2) is 46.9 Å². The van der Waals surface area contributed by atoms with Crippen molar-refractivity contribution in [3.63, 3.8) is 0 Å². The van der Waals surface area contributed by atoms with Gasteiger partial charge in [-0.25, -0.2) is 9.36 Å². The Hall–Kier alpha value is -3.01. The Morgan fingerprint density at radius 1 is 1.16 bits per heavy atom. The lowest BCUT2D eigenvalue weighted by atomic mass is 10.1. The summed E-state index contributed by atoms with van der Waals surface area (Å²) in [6.07, 6.45) is -6.57. The Labute approximate surface area is 183 Å². The van der Waals surface area contributed by atoms with Crippen LogP contribution < -0.4 is 4.74 Å². The molecule has 0 spiro atoms. The van der Waals surface area contributed by atoms with Gasteiger partial charge in [0.25, 0.3) is 0 Å². The Bertz CT molecular complexity index is 1140. The fourth-order valence-corrected chi connectivity index (χ4v) is 3.75. The molecular formula is C21H17BrF3NO5. The number of benzene rings is 2. The molecule has 0 unspecified atom stereocenters. The van der Waals surface area contributed by atoms with Crippen LogP contribution in [0.25, 0.3) is 10.9 Å². The molecule has 10 heteroatoms. The van der Waals surface area contributed by atoms with Gasteiger partial charge in [0.05, 0.1) is 18.5 Å². The zero-order valence-electron chi connectivity index (χ0n) is 16.2. The van der Waals surface area contributed by atoms with Crippen LogP contribution >= 0.6 is 15.9 Å². The average Bonchev–Trinajstić information content (AvgIpc) is 3.08. The van der Waals surface area contributed by atoms with Crippen LogP contribution in [0.4, 0.5) is 18.0 Å². The van der Waals surface area contributed by atoms with E-state index >= 15 is 0 Å². The first-order valence-electron chi connectivity index (χ1n) is 9.12. The Morgan fingerprint density at radius 2 is 1.87 bits per heavy atom. The number of aromatic nitrogens is 1. The Balaban J connectivity index is 1.93. The van der Waals surface area contributed by atoms with Crippen LogP contribution in [0, 0.1) is 0 Å². The molecule has 1 heterocycles. The number of halogens is 4. The van der Waals surface area contributed by atoms with Crippen LogP contribution in [0.1, 0.15) is 23.7 Å². The second-order valence-corrected chi connectivity index (χ2v) is 7.39. The molecule has 2 aromatic carbocycles. The van der Waals surface area contributed by atoms with Gasteiger partial charge in [-0.05, 0) is 36.8 Å². The van der Waals surface area contributed by atoms with E-state index in [0.717, 1.165) is 6.07 Å². The van der Waals surface area contributed by atoms with E-state index in [1.165, 1.54) is 6.07 Å². The molecule has 3 aromatic rings. The van der Waals surface area contributed by atoms with Gasteiger partial charge < -0.3 is 14.6 Å². The predicted octanol–water partition coefficient (Wildman–Crippen LogP) is 5.63. The molecule has 0 amide bonds. The second kappa shape index (κ2) is 9.01. The summed E-state index contributed by atoms with van der Waals surface area (Å²) in [5.74, 6) is -0.00181. The van der Waals surface area contributed by atoms with Crippen molar-refractivity contribution >= 4 is 38.9 Å². The monoisotopic (exact) mass is 499 g/mol. The number of para-hydroxylation sites is 1. The topological polar surface area (TPSA) is 77.8 Å². The first kappa shape index (κ1) is 22.7. The first-order chi connectivity index (χ1) is 14.6. The number of carboxylic acid groups (broad SMARTS) is 1. The zero-order valence-corrected chi connectivity index (χ0v) is 17.8. The lowest BCUT2D eigenvalue weighted by Crippen LogP contribution is -2.18. The fourth-order valence-electron chi connectivity index (χ4n) is 3.13. The minimum Gasteiger partial charge on any atom is -0.489 e. The van der Waals surface area contributed by atoms with Crippen molar-refractivity contribution in [3.8, 4) is 5.75 Å². The summed E-state index contributed by atoms with van der Waals surface area (Å²) >= 11 is 3.21. The fraction of sp³-hybridized carbons (Fsp3) is 0.238. The van der Waals surface area contributed by atoms with E-state index < -0.39 is 23.9 Å². The van der Waals surface area contributed by atoms with Gasteiger partial charge in [0, 0.05) is 15.4 Å². The molecule has 6 nitrogen and oxygen atoms in total. The minimum atomic E-state index is -4.83. The summed E-state index contributed by atoms with van der Waals surface area (Å²) < 4.78 is 51.1. The van der Waals surface area contributed by atoms with Gasteiger partial charge in [-0.3, -0.25) is 4.79 Å². The molecule has 0 radical (unpaired) electrons. The molecule has 0 aliphatic carbocycles. The number of esters is 1. The lowest BCUT2D eigenvalue weighted by Gasteiger charge is -2.12. The van der Waals surface area contributed by atoms with Crippen molar-refractivity contribution in [3.05, 3.63) is 63.8 Å². The predicted molar refractivity (Wildman–Crippen MR) is 109 cm³/mol. The quantitative estimate of drug-likeness (QED) is 0.444. The standard InChI is InChI=1S/C21H17BrF3NO5/c1-2-30-19(27)9-13-5-3-4-6-17(13)31-11-12-7-15(22)14-10-18(21(23,24)25)26(20(28)29)16(14)8-12/h3-8,10H,2,9,11H2,1H3,(H,28,29). The van der Waals surface area contributed by atoms with Crippen LogP contribution in [0.2, 0.25) is 0 Å². The summed E-state index contributed by atoms with van der Waals surface area (Å²) in [6.45, 7) is 1.89. The van der Waals surface area contributed by atoms with Crippen molar-refractivity contribution in [2.45, 2.75) is 26.1 Å². The summed E-state index contributed by atoms with van der Waals surface area (Å²) in [5, 5.41) is 9.45. The third-order valence-electron chi connectivity index (χ3n) is 4.42. The molecule has 0 aliphatic rings. The smallest absolute Gasteiger partial charge is 0.432 e. The van der Waals surface area contributed by atoms with Gasteiger partial charge in [0.1, 0.15) is 18.1 Å². The van der Waals surface area contributed by atoms with E-state index in [0.29, 0.717) is 21.3 Å². The molecule has 0 saturated carbocycles. The normalized spacial score (nSPS) is 11.5. The molecule has 1 N–H and O–H groups in total. The molecule has 164 valence electrons. The van der Waals surface area contributed by atoms with Crippen molar-refractivity contribution in [2.24, 2.45) is 0 Å². The summed E-state index contributed by atoms with van der Waals surface area (Å²) in [5.41, 5.74) is -0.366. The zero-order chi connectivity index (χ0) is 22.8.